The van der Waals surface area contributed by atoms with Gasteiger partial charge in [0.2, 0.25) is 16.5 Å². The molecule has 0 radical (unpaired) electrons. The van der Waals surface area contributed by atoms with Gasteiger partial charge < -0.3 is 4.90 Å². The Balaban J connectivity index is 1.63. The third-order valence-electron chi connectivity index (χ3n) is 9.56. The van der Waals surface area contributed by atoms with Gasteiger partial charge in [0.15, 0.2) is 5.71 Å². The lowest BCUT2D eigenvalue weighted by Gasteiger charge is -2.32. The Labute approximate surface area is 272 Å². The first-order valence-corrected chi connectivity index (χ1v) is 15.5. The summed E-state index contributed by atoms with van der Waals surface area (Å²) in [6, 6.07) is 10.3. The zero-order valence-corrected chi connectivity index (χ0v) is 26.8. The number of anilines is 1. The van der Waals surface area contributed by atoms with Crippen LogP contribution in [0.1, 0.15) is 75.6 Å². The minimum Gasteiger partial charge on any atom is -0.364 e. The number of alkyl halides is 6. The first-order valence-electron chi connectivity index (χ1n) is 15.5. The molecule has 0 saturated heterocycles. The Hall–Kier alpha value is -4.71. The summed E-state index contributed by atoms with van der Waals surface area (Å²) in [4.78, 5) is 29.1. The van der Waals surface area contributed by atoms with Gasteiger partial charge in [-0.25, -0.2) is 0 Å². The van der Waals surface area contributed by atoms with Crippen molar-refractivity contribution in [1.29, 1.82) is 10.5 Å². The van der Waals surface area contributed by atoms with E-state index in [-0.39, 0.29) is 29.8 Å². The van der Waals surface area contributed by atoms with Gasteiger partial charge in [-0.2, -0.15) is 41.4 Å². The molecule has 3 aromatic rings. The van der Waals surface area contributed by atoms with Crippen LogP contribution in [0.15, 0.2) is 46.0 Å². The summed E-state index contributed by atoms with van der Waals surface area (Å²) >= 11 is 0. The molecule has 12 heteroatoms. The number of halogens is 6. The maximum absolute atomic E-state index is 13.6. The van der Waals surface area contributed by atoms with Gasteiger partial charge in [-0.05, 0) is 62.2 Å². The predicted octanol–water partition coefficient (Wildman–Crippen LogP) is 5.73. The summed E-state index contributed by atoms with van der Waals surface area (Å²) in [5, 5.41) is 17.9. The van der Waals surface area contributed by atoms with Gasteiger partial charge in [0.25, 0.3) is 0 Å². The molecule has 0 bridgehead atoms. The largest absolute Gasteiger partial charge is 0.416 e. The number of unbranched alkanes of at least 4 members (excludes halogenated alkanes) is 2. The Morgan fingerprint density at radius 2 is 1.40 bits per heavy atom. The van der Waals surface area contributed by atoms with Crippen LogP contribution in [0.25, 0.3) is 12.2 Å². The van der Waals surface area contributed by atoms with Crippen LogP contribution in [0.2, 0.25) is 0 Å². The van der Waals surface area contributed by atoms with Crippen molar-refractivity contribution in [3.63, 3.8) is 0 Å². The van der Waals surface area contributed by atoms with E-state index in [0.29, 0.717) is 47.6 Å². The van der Waals surface area contributed by atoms with Crippen molar-refractivity contribution in [1.82, 2.24) is 0 Å². The summed E-state index contributed by atoms with van der Waals surface area (Å²) in [5.41, 5.74) is -2.56. The third kappa shape index (κ3) is 5.82. The first-order chi connectivity index (χ1) is 22.3. The summed E-state index contributed by atoms with van der Waals surface area (Å²) in [7, 11) is 0. The van der Waals surface area contributed by atoms with E-state index in [1.54, 1.807) is 32.3 Å². The lowest BCUT2D eigenvalue weighted by molar-refractivity contribution is -0.437. The second-order valence-electron chi connectivity index (χ2n) is 13.3. The number of benzene rings is 2. The molecule has 1 atom stereocenters. The molecule has 6 nitrogen and oxygen atoms in total. The molecule has 0 fully saturated rings. The Kier molecular flexibility index (Phi) is 8.70. The van der Waals surface area contributed by atoms with Crippen molar-refractivity contribution in [3.05, 3.63) is 89.5 Å². The average molecular weight is 668 g/mol. The number of hydrogen-bond acceptors (Lipinski definition) is 5. The fourth-order valence-corrected chi connectivity index (χ4v) is 6.94. The zero-order chi connectivity index (χ0) is 35.4. The van der Waals surface area contributed by atoms with Crippen molar-refractivity contribution in [3.8, 4) is 12.1 Å². The summed E-state index contributed by atoms with van der Waals surface area (Å²) in [6.45, 7) is 7.47. The lowest BCUT2D eigenvalue weighted by atomic mass is 9.79. The smallest absolute Gasteiger partial charge is 0.364 e. The molecular weight excluding hydrogens is 634 g/mol. The molecule has 0 spiro atoms. The van der Waals surface area contributed by atoms with Crippen molar-refractivity contribution in [2.45, 2.75) is 82.6 Å². The lowest BCUT2D eigenvalue weighted by Crippen LogP contribution is -2.66. The highest BCUT2D eigenvalue weighted by Gasteiger charge is 2.47. The van der Waals surface area contributed by atoms with Crippen molar-refractivity contribution >= 4 is 29.2 Å². The minimum atomic E-state index is -4.58. The van der Waals surface area contributed by atoms with Gasteiger partial charge in [-0.1, -0.05) is 13.8 Å². The van der Waals surface area contributed by atoms with Crippen LogP contribution in [-0.4, -0.2) is 29.4 Å². The molecule has 48 heavy (non-hydrogen) atoms. The third-order valence-corrected chi connectivity index (χ3v) is 9.56. The molecule has 250 valence electrons. The van der Waals surface area contributed by atoms with Gasteiger partial charge in [0.1, 0.15) is 6.54 Å². The highest BCUT2D eigenvalue weighted by atomic mass is 19.4. The summed E-state index contributed by atoms with van der Waals surface area (Å²) < 4.78 is 83.6. The molecule has 1 unspecified atom stereocenters. The van der Waals surface area contributed by atoms with E-state index >= 15 is 0 Å². The zero-order valence-electron chi connectivity index (χ0n) is 26.8. The van der Waals surface area contributed by atoms with Gasteiger partial charge >= 0.3 is 12.4 Å². The van der Waals surface area contributed by atoms with Gasteiger partial charge in [-0.15, -0.1) is 0 Å². The van der Waals surface area contributed by atoms with Crippen molar-refractivity contribution < 1.29 is 30.9 Å². The van der Waals surface area contributed by atoms with E-state index in [1.807, 2.05) is 11.0 Å². The monoisotopic (exact) mass is 667 g/mol. The van der Waals surface area contributed by atoms with E-state index in [9.17, 15) is 35.9 Å². The molecule has 3 aromatic carbocycles. The molecule has 2 heterocycles. The van der Waals surface area contributed by atoms with E-state index in [0.717, 1.165) is 24.3 Å². The molecule has 0 aromatic heterocycles. The summed E-state index contributed by atoms with van der Waals surface area (Å²) in [5.74, 6) is 0. The average Bonchev–Trinajstić information content (AvgIpc) is 3.35. The quantitative estimate of drug-likeness (QED) is 0.174. The van der Waals surface area contributed by atoms with Crippen LogP contribution in [0, 0.1) is 22.7 Å². The Morgan fingerprint density at radius 3 is 1.98 bits per heavy atom. The van der Waals surface area contributed by atoms with Crippen molar-refractivity contribution in [2.24, 2.45) is 0 Å². The molecular formula is C36H33F6N4O2+. The minimum absolute atomic E-state index is 0.127. The van der Waals surface area contributed by atoms with E-state index in [4.69, 9.17) is 10.5 Å². The van der Waals surface area contributed by atoms with E-state index in [2.05, 4.69) is 6.07 Å². The Morgan fingerprint density at radius 1 is 0.833 bits per heavy atom. The van der Waals surface area contributed by atoms with Gasteiger partial charge in [0.05, 0.1) is 45.2 Å². The molecule has 2 aliphatic heterocycles. The molecule has 2 aliphatic rings. The number of fused-ring (bicyclic) bond motifs is 2. The fraction of sp³-hybridized carbons (Fsp3) is 0.417. The van der Waals surface area contributed by atoms with Crippen LogP contribution < -0.4 is 26.2 Å². The second-order valence-corrected chi connectivity index (χ2v) is 13.3. The number of nitrogens with zero attached hydrogens (tertiary/aromatic N) is 4. The van der Waals surface area contributed by atoms with Crippen LogP contribution in [0.5, 0.6) is 0 Å². The maximum atomic E-state index is 13.6. The van der Waals surface area contributed by atoms with Crippen molar-refractivity contribution in [2.75, 3.05) is 18.0 Å². The Bertz CT molecular complexity index is 2070. The standard InChI is InChI=1S/C36H33F6N4O2/c1-33(2)25-17-21(35(37,38)39)9-11-27(25)45(15-7-5-13-43)29(33)19-23-31(47)24(32(23)48)20-30-34(3,4)26-18-22(36(40,41)42)10-12-28(26)46(30)16-8-6-14-44/h9-12,17-20,29H,5-8,15-16H2,1-4H3/q+1. The van der Waals surface area contributed by atoms with E-state index < -0.39 is 51.2 Å². The molecule has 0 amide bonds. The van der Waals surface area contributed by atoms with Crippen LogP contribution >= 0.6 is 0 Å². The van der Waals surface area contributed by atoms with Crippen LogP contribution in [0.3, 0.4) is 0 Å². The highest BCUT2D eigenvalue weighted by Crippen LogP contribution is 2.48. The maximum Gasteiger partial charge on any atom is 0.416 e. The second kappa shape index (κ2) is 12.1. The van der Waals surface area contributed by atoms with Gasteiger partial charge in [0, 0.05) is 54.6 Å². The first kappa shape index (κ1) is 34.6. The fourth-order valence-electron chi connectivity index (χ4n) is 6.94. The summed E-state index contributed by atoms with van der Waals surface area (Å²) in [6.07, 6.45) is -5.06. The molecule has 0 aliphatic carbocycles. The van der Waals surface area contributed by atoms with E-state index in [1.165, 1.54) is 24.3 Å². The predicted molar refractivity (Wildman–Crippen MR) is 169 cm³/mol. The number of hydrogen-bond donors (Lipinski definition) is 0. The topological polar surface area (TPSA) is 88.0 Å². The molecule has 0 N–H and O–H groups in total. The van der Waals surface area contributed by atoms with Gasteiger partial charge in [-0.3, -0.25) is 9.59 Å². The number of nitriles is 2. The van der Waals surface area contributed by atoms with Crippen LogP contribution in [-0.2, 0) is 23.2 Å². The molecule has 5 rings (SSSR count). The number of rotatable bonds is 8. The normalized spacial score (nSPS) is 18.0. The molecule has 0 saturated carbocycles. The highest BCUT2D eigenvalue weighted by molar-refractivity contribution is 6.15. The van der Waals surface area contributed by atoms with Crippen LogP contribution in [0.4, 0.5) is 37.7 Å². The SMILES string of the molecule is CC1(C)C(C=c2c(=O)c(=CC3N(CCCC#N)c4ccc(C(F)(F)F)cc4C3(C)C)c2=O)=[N+](CCCC#N)c2ccc(C(F)(F)F)cc21.